The van der Waals surface area contributed by atoms with Crippen LogP contribution in [-0.4, -0.2) is 46.7 Å². The summed E-state index contributed by atoms with van der Waals surface area (Å²) in [6.45, 7) is 3.66. The van der Waals surface area contributed by atoms with Crippen molar-refractivity contribution in [3.63, 3.8) is 0 Å². The summed E-state index contributed by atoms with van der Waals surface area (Å²) in [6, 6.07) is 0. The summed E-state index contributed by atoms with van der Waals surface area (Å²) in [4.78, 5) is 2.03. The van der Waals surface area contributed by atoms with E-state index in [4.69, 9.17) is 11.0 Å². The number of guanidine groups is 1. The average molecular weight is 193 g/mol. The molecular formula is C9H15N5+. The van der Waals surface area contributed by atoms with Gasteiger partial charge in [0.15, 0.2) is 0 Å². The lowest BCUT2D eigenvalue weighted by molar-refractivity contribution is -0.641. The zero-order valence-corrected chi connectivity index (χ0v) is 8.19. The Kier molecular flexibility index (Phi) is 2.44. The van der Waals surface area contributed by atoms with Crippen molar-refractivity contribution >= 4 is 5.96 Å². The molecular weight excluding hydrogens is 178 g/mol. The molecule has 75 valence electrons. The Labute approximate surface area is 84.0 Å². The van der Waals surface area contributed by atoms with Crippen molar-refractivity contribution < 1.29 is 4.68 Å². The second-order valence-electron chi connectivity index (χ2n) is 3.60. The minimum absolute atomic E-state index is 0.570. The Hall–Kier alpha value is -1.44. The number of nitrogens with zero attached hydrogens (tertiary/aromatic N) is 4. The standard InChI is InChI=1S/C9H14N5/c10-8-14(13-6-3-7-13)9(11)12-4-1-2-5-12/h1,11H,2-7H2/p+1. The van der Waals surface area contributed by atoms with Crippen LogP contribution in [0.3, 0.4) is 0 Å². The zero-order valence-electron chi connectivity index (χ0n) is 8.19. The third kappa shape index (κ3) is 1.48. The van der Waals surface area contributed by atoms with Crippen LogP contribution < -0.4 is 5.73 Å². The topological polar surface area (TPSA) is 59.3 Å². The predicted molar refractivity (Wildman–Crippen MR) is 51.7 cm³/mol. The van der Waals surface area contributed by atoms with Gasteiger partial charge in [-0.25, -0.2) is 0 Å². The molecule has 0 amide bonds. The van der Waals surface area contributed by atoms with Crippen LogP contribution >= 0.6 is 0 Å². The van der Waals surface area contributed by atoms with E-state index in [0.29, 0.717) is 5.96 Å². The van der Waals surface area contributed by atoms with Gasteiger partial charge in [0.25, 0.3) is 0 Å². The van der Waals surface area contributed by atoms with Crippen LogP contribution in [0.1, 0.15) is 12.8 Å². The maximum absolute atomic E-state index is 8.99. The van der Waals surface area contributed by atoms with Crippen LogP contribution in [0.4, 0.5) is 0 Å². The molecule has 0 spiro atoms. The first kappa shape index (κ1) is 9.13. The first-order chi connectivity index (χ1) is 6.83. The molecule has 0 aromatic carbocycles. The molecule has 0 unspecified atom stereocenters. The van der Waals surface area contributed by atoms with Crippen molar-refractivity contribution in [1.29, 1.82) is 5.26 Å². The molecule has 2 aliphatic heterocycles. The normalized spacial score (nSPS) is 22.8. The van der Waals surface area contributed by atoms with Gasteiger partial charge in [-0.2, -0.15) is 0 Å². The van der Waals surface area contributed by atoms with Gasteiger partial charge < -0.3 is 5.73 Å². The summed E-state index contributed by atoms with van der Waals surface area (Å²) in [5, 5.41) is 11.0. The van der Waals surface area contributed by atoms with Crippen molar-refractivity contribution in [2.45, 2.75) is 12.8 Å². The van der Waals surface area contributed by atoms with Crippen molar-refractivity contribution in [3.8, 4) is 6.19 Å². The molecule has 14 heavy (non-hydrogen) atoms. The molecule has 2 aliphatic rings. The highest BCUT2D eigenvalue weighted by Crippen LogP contribution is 2.09. The van der Waals surface area contributed by atoms with E-state index in [2.05, 4.69) is 12.6 Å². The number of rotatable bonds is 1. The van der Waals surface area contributed by atoms with Crippen LogP contribution in [0, 0.1) is 17.9 Å². The number of hydrogen-bond acceptors (Lipinski definition) is 2. The molecule has 5 heteroatoms. The summed E-state index contributed by atoms with van der Waals surface area (Å²) in [5.41, 5.74) is 5.93. The Morgan fingerprint density at radius 1 is 1.43 bits per heavy atom. The Bertz CT molecular complexity index is 280. The zero-order chi connectivity index (χ0) is 9.97. The van der Waals surface area contributed by atoms with Crippen molar-refractivity contribution in [3.05, 3.63) is 6.42 Å². The predicted octanol–water partition coefficient (Wildman–Crippen LogP) is -0.675. The first-order valence-electron chi connectivity index (χ1n) is 4.96. The summed E-state index contributed by atoms with van der Waals surface area (Å²) in [5.74, 6) is 0.570. The Morgan fingerprint density at radius 3 is 2.64 bits per heavy atom. The summed E-state index contributed by atoms with van der Waals surface area (Å²) >= 11 is 0. The second-order valence-corrected chi connectivity index (χ2v) is 3.60. The maximum atomic E-state index is 8.99. The van der Waals surface area contributed by atoms with Crippen LogP contribution in [0.15, 0.2) is 0 Å². The fourth-order valence-electron chi connectivity index (χ4n) is 1.69. The molecule has 2 saturated heterocycles. The molecule has 2 heterocycles. The van der Waals surface area contributed by atoms with Gasteiger partial charge in [-0.1, -0.05) is 4.68 Å². The highest BCUT2D eigenvalue weighted by molar-refractivity contribution is 5.73. The lowest BCUT2D eigenvalue weighted by atomic mass is 10.3. The van der Waals surface area contributed by atoms with Crippen LogP contribution in [0.2, 0.25) is 0 Å². The SMILES string of the molecule is N#C[N+](=C(N)N1C[CH]CC1)N1CCC1. The molecule has 1 radical (unpaired) electrons. The Morgan fingerprint density at radius 2 is 2.21 bits per heavy atom. The van der Waals surface area contributed by atoms with E-state index in [1.165, 1.54) is 4.68 Å². The number of nitriles is 1. The van der Waals surface area contributed by atoms with E-state index in [1.54, 1.807) is 0 Å². The van der Waals surface area contributed by atoms with Crippen LogP contribution in [0.5, 0.6) is 0 Å². The van der Waals surface area contributed by atoms with E-state index in [9.17, 15) is 0 Å². The fraction of sp³-hybridized carbons (Fsp3) is 0.667. The molecule has 0 saturated carbocycles. The van der Waals surface area contributed by atoms with Gasteiger partial charge in [0, 0.05) is 13.1 Å². The smallest absolute Gasteiger partial charge is 0.308 e. The summed E-state index contributed by atoms with van der Waals surface area (Å²) < 4.78 is 1.52. The van der Waals surface area contributed by atoms with E-state index < -0.39 is 0 Å². The molecule has 2 fully saturated rings. The van der Waals surface area contributed by atoms with E-state index >= 15 is 0 Å². The average Bonchev–Trinajstić information content (AvgIpc) is 2.62. The summed E-state index contributed by atoms with van der Waals surface area (Å²) in [6.07, 6.45) is 6.51. The van der Waals surface area contributed by atoms with E-state index in [1.807, 2.05) is 9.91 Å². The molecule has 2 rings (SSSR count). The largest absolute Gasteiger partial charge is 0.350 e. The number of hydrazone groups is 1. The minimum Gasteiger partial charge on any atom is -0.308 e. The number of likely N-dealkylation sites (tertiary alicyclic amines) is 1. The van der Waals surface area contributed by atoms with Crippen molar-refractivity contribution in [2.24, 2.45) is 5.73 Å². The number of hydrazine groups is 1. The molecule has 0 aliphatic carbocycles. The highest BCUT2D eigenvalue weighted by atomic mass is 15.6. The van der Waals surface area contributed by atoms with Gasteiger partial charge in [0.1, 0.15) is 0 Å². The van der Waals surface area contributed by atoms with Crippen LogP contribution in [0.25, 0.3) is 0 Å². The quantitative estimate of drug-likeness (QED) is 0.197. The van der Waals surface area contributed by atoms with Crippen molar-refractivity contribution in [1.82, 2.24) is 9.91 Å². The van der Waals surface area contributed by atoms with Gasteiger partial charge in [-0.3, -0.25) is 9.91 Å². The first-order valence-corrected chi connectivity index (χ1v) is 4.96. The van der Waals surface area contributed by atoms with Gasteiger partial charge in [-0.05, 0) is 24.5 Å². The molecule has 5 nitrogen and oxygen atoms in total. The second kappa shape index (κ2) is 3.74. The van der Waals surface area contributed by atoms with Crippen molar-refractivity contribution in [2.75, 3.05) is 26.2 Å². The van der Waals surface area contributed by atoms with Gasteiger partial charge in [-0.15, -0.1) is 0 Å². The monoisotopic (exact) mass is 193 g/mol. The Balaban J connectivity index is 2.12. The lowest BCUT2D eigenvalue weighted by Crippen LogP contribution is -2.52. The minimum atomic E-state index is 0.570. The fourth-order valence-corrected chi connectivity index (χ4v) is 1.69. The van der Waals surface area contributed by atoms with Gasteiger partial charge in [0.05, 0.1) is 13.1 Å². The van der Waals surface area contributed by atoms with Gasteiger partial charge >= 0.3 is 12.2 Å². The molecule has 0 aromatic heterocycles. The maximum Gasteiger partial charge on any atom is 0.350 e. The molecule has 2 N–H and O–H groups in total. The van der Waals surface area contributed by atoms with Crippen LogP contribution in [-0.2, 0) is 0 Å². The highest BCUT2D eigenvalue weighted by Gasteiger charge is 2.27. The van der Waals surface area contributed by atoms with Gasteiger partial charge in [0.2, 0.25) is 0 Å². The number of nitrogens with two attached hydrogens (primary N) is 1. The molecule has 0 bridgehead atoms. The molecule has 0 aromatic rings. The number of hydrogen-bond donors (Lipinski definition) is 1. The summed E-state index contributed by atoms with van der Waals surface area (Å²) in [7, 11) is 0. The third-order valence-electron chi connectivity index (χ3n) is 2.70. The molecule has 0 atom stereocenters. The van der Waals surface area contributed by atoms with E-state index in [-0.39, 0.29) is 0 Å². The van der Waals surface area contributed by atoms with E-state index in [0.717, 1.165) is 39.0 Å². The third-order valence-corrected chi connectivity index (χ3v) is 2.70. The lowest BCUT2D eigenvalue weighted by Gasteiger charge is -2.31.